The van der Waals surface area contributed by atoms with E-state index in [9.17, 15) is 9.90 Å². The minimum absolute atomic E-state index is 0.0804. The second kappa shape index (κ2) is 9.11. The molecule has 0 saturated carbocycles. The smallest absolute Gasteiger partial charge is 0.185 e. The summed E-state index contributed by atoms with van der Waals surface area (Å²) in [5.74, 6) is 1.40. The number of methoxy groups -OCH3 is 1. The van der Waals surface area contributed by atoms with E-state index in [1.54, 1.807) is 49.6 Å². The molecule has 0 aliphatic rings. The zero-order valence-corrected chi connectivity index (χ0v) is 14.1. The second-order valence-electron chi connectivity index (χ2n) is 5.11. The Kier molecular flexibility index (Phi) is 6.85. The summed E-state index contributed by atoms with van der Waals surface area (Å²) < 4.78 is 10.5. The monoisotopic (exact) mass is 346 g/mol. The van der Waals surface area contributed by atoms with Crippen molar-refractivity contribution in [3.8, 4) is 11.5 Å². The molecule has 126 valence electrons. The van der Waals surface area contributed by atoms with Crippen LogP contribution in [-0.2, 0) is 0 Å². The van der Waals surface area contributed by atoms with E-state index in [4.69, 9.17) is 21.1 Å². The topological polar surface area (TPSA) is 55.8 Å². The molecular formula is C19H19ClO4. The molecule has 0 fully saturated rings. The molecule has 0 bridgehead atoms. The van der Waals surface area contributed by atoms with Crippen molar-refractivity contribution in [3.63, 3.8) is 0 Å². The summed E-state index contributed by atoms with van der Waals surface area (Å²) >= 11 is 5.50. The molecule has 0 radical (unpaired) electrons. The predicted octanol–water partition coefficient (Wildman–Crippen LogP) is 3.57. The third-order valence-electron chi connectivity index (χ3n) is 3.30. The fraction of sp³-hybridized carbons (Fsp3) is 0.211. The van der Waals surface area contributed by atoms with Gasteiger partial charge in [-0.2, -0.15) is 0 Å². The first-order valence-electron chi connectivity index (χ1n) is 7.45. The second-order valence-corrected chi connectivity index (χ2v) is 5.42. The van der Waals surface area contributed by atoms with Crippen molar-refractivity contribution in [2.45, 2.75) is 6.10 Å². The van der Waals surface area contributed by atoms with Crippen molar-refractivity contribution < 1.29 is 19.4 Å². The van der Waals surface area contributed by atoms with E-state index in [0.717, 1.165) is 5.56 Å². The summed E-state index contributed by atoms with van der Waals surface area (Å²) in [6.45, 7) is 0.147. The lowest BCUT2D eigenvalue weighted by atomic mass is 10.1. The number of hydrogen-bond donors (Lipinski definition) is 1. The third-order valence-corrected chi connectivity index (χ3v) is 3.66. The molecule has 1 unspecified atom stereocenters. The molecule has 2 rings (SSSR count). The van der Waals surface area contributed by atoms with Crippen LogP contribution in [0.5, 0.6) is 11.5 Å². The summed E-state index contributed by atoms with van der Waals surface area (Å²) in [5.41, 5.74) is 1.48. The van der Waals surface area contributed by atoms with Crippen LogP contribution >= 0.6 is 11.6 Å². The Bertz CT molecular complexity index is 678. The summed E-state index contributed by atoms with van der Waals surface area (Å²) in [6.07, 6.45) is 2.58. The van der Waals surface area contributed by atoms with E-state index in [0.29, 0.717) is 17.1 Å². The highest BCUT2D eigenvalue weighted by Gasteiger charge is 2.04. The number of halogens is 1. The fourth-order valence-electron chi connectivity index (χ4n) is 1.94. The van der Waals surface area contributed by atoms with Crippen molar-refractivity contribution in [1.29, 1.82) is 0 Å². The number of ether oxygens (including phenoxy) is 2. The molecular weight excluding hydrogens is 328 g/mol. The maximum Gasteiger partial charge on any atom is 0.185 e. The van der Waals surface area contributed by atoms with E-state index in [1.165, 1.54) is 6.08 Å². The van der Waals surface area contributed by atoms with E-state index >= 15 is 0 Å². The van der Waals surface area contributed by atoms with Gasteiger partial charge >= 0.3 is 0 Å². The Morgan fingerprint density at radius 3 is 2.33 bits per heavy atom. The third kappa shape index (κ3) is 5.41. The van der Waals surface area contributed by atoms with Crippen LogP contribution < -0.4 is 9.47 Å². The first-order chi connectivity index (χ1) is 11.6. The molecule has 5 heteroatoms. The van der Waals surface area contributed by atoms with Gasteiger partial charge in [0.25, 0.3) is 0 Å². The summed E-state index contributed by atoms with van der Waals surface area (Å²) in [4.78, 5) is 12.1. The molecule has 0 aliphatic heterocycles. The van der Waals surface area contributed by atoms with Crippen LogP contribution in [0.4, 0.5) is 0 Å². The SMILES string of the molecule is COc1ccc(C(=O)/C=C/c2ccc(OCC(O)CCl)cc2)cc1. The number of allylic oxidation sites excluding steroid dienone is 1. The standard InChI is InChI=1S/C19H19ClO4/c1-23-17-9-5-15(6-10-17)19(22)11-4-14-2-7-18(8-3-14)24-13-16(21)12-20/h2-11,16,21H,12-13H2,1H3/b11-4+. The first-order valence-corrected chi connectivity index (χ1v) is 7.99. The van der Waals surface area contributed by atoms with Gasteiger partial charge in [-0.3, -0.25) is 4.79 Å². The zero-order valence-electron chi connectivity index (χ0n) is 13.3. The fourth-order valence-corrected chi connectivity index (χ4v) is 2.02. The Morgan fingerprint density at radius 2 is 1.75 bits per heavy atom. The number of hydrogen-bond acceptors (Lipinski definition) is 4. The average Bonchev–Trinajstić information content (AvgIpc) is 2.65. The predicted molar refractivity (Wildman–Crippen MR) is 95.0 cm³/mol. The Labute approximate surface area is 146 Å². The molecule has 4 nitrogen and oxygen atoms in total. The molecule has 1 N–H and O–H groups in total. The molecule has 0 amide bonds. The van der Waals surface area contributed by atoms with Gasteiger partial charge in [-0.1, -0.05) is 18.2 Å². The maximum atomic E-state index is 12.1. The quantitative estimate of drug-likeness (QED) is 0.451. The number of benzene rings is 2. The van der Waals surface area contributed by atoms with E-state index in [2.05, 4.69) is 0 Å². The van der Waals surface area contributed by atoms with Gasteiger partial charge in [-0.05, 0) is 48.0 Å². The minimum Gasteiger partial charge on any atom is -0.497 e. The van der Waals surface area contributed by atoms with Gasteiger partial charge in [-0.25, -0.2) is 0 Å². The van der Waals surface area contributed by atoms with Gasteiger partial charge < -0.3 is 14.6 Å². The van der Waals surface area contributed by atoms with Crippen molar-refractivity contribution in [3.05, 3.63) is 65.7 Å². The van der Waals surface area contributed by atoms with Gasteiger partial charge in [0.15, 0.2) is 5.78 Å². The Balaban J connectivity index is 1.94. The van der Waals surface area contributed by atoms with Crippen molar-refractivity contribution >= 4 is 23.5 Å². The van der Waals surface area contributed by atoms with Gasteiger partial charge in [0.05, 0.1) is 13.0 Å². The largest absolute Gasteiger partial charge is 0.497 e. The highest BCUT2D eigenvalue weighted by Crippen LogP contribution is 2.15. The van der Waals surface area contributed by atoms with Gasteiger partial charge in [0.1, 0.15) is 24.2 Å². The normalized spacial score (nSPS) is 12.1. The molecule has 2 aromatic carbocycles. The number of rotatable bonds is 8. The highest BCUT2D eigenvalue weighted by atomic mass is 35.5. The minimum atomic E-state index is -0.687. The molecule has 0 heterocycles. The Morgan fingerprint density at radius 1 is 1.12 bits per heavy atom. The van der Waals surface area contributed by atoms with Crippen LogP contribution in [-0.4, -0.2) is 36.6 Å². The van der Waals surface area contributed by atoms with Crippen LogP contribution in [0.25, 0.3) is 6.08 Å². The number of aliphatic hydroxyl groups excluding tert-OH is 1. The van der Waals surface area contributed by atoms with Gasteiger partial charge in [0, 0.05) is 5.56 Å². The average molecular weight is 347 g/mol. The molecule has 0 saturated heterocycles. The van der Waals surface area contributed by atoms with Crippen LogP contribution in [0.1, 0.15) is 15.9 Å². The molecule has 2 aromatic rings. The van der Waals surface area contributed by atoms with Crippen LogP contribution in [0.15, 0.2) is 54.6 Å². The first kappa shape index (κ1) is 18.0. The van der Waals surface area contributed by atoms with Crippen molar-refractivity contribution in [2.75, 3.05) is 19.6 Å². The van der Waals surface area contributed by atoms with Crippen LogP contribution in [0, 0.1) is 0 Å². The molecule has 0 aromatic heterocycles. The molecule has 24 heavy (non-hydrogen) atoms. The molecule has 0 aliphatic carbocycles. The van der Waals surface area contributed by atoms with Crippen LogP contribution in [0.2, 0.25) is 0 Å². The number of carbonyl (C=O) groups is 1. The van der Waals surface area contributed by atoms with Gasteiger partial charge in [-0.15, -0.1) is 11.6 Å². The zero-order chi connectivity index (χ0) is 17.4. The highest BCUT2D eigenvalue weighted by molar-refractivity contribution is 6.18. The number of ketones is 1. The lowest BCUT2D eigenvalue weighted by molar-refractivity contribution is 0.104. The number of alkyl halides is 1. The summed E-state index contributed by atoms with van der Waals surface area (Å²) in [7, 11) is 1.58. The molecule has 1 atom stereocenters. The van der Waals surface area contributed by atoms with E-state index in [-0.39, 0.29) is 18.3 Å². The van der Waals surface area contributed by atoms with Crippen molar-refractivity contribution in [2.24, 2.45) is 0 Å². The molecule has 0 spiro atoms. The van der Waals surface area contributed by atoms with Crippen molar-refractivity contribution in [1.82, 2.24) is 0 Å². The van der Waals surface area contributed by atoms with E-state index < -0.39 is 6.10 Å². The van der Waals surface area contributed by atoms with Crippen LogP contribution in [0.3, 0.4) is 0 Å². The summed E-state index contributed by atoms with van der Waals surface area (Å²) in [5, 5.41) is 9.35. The number of aliphatic hydroxyl groups is 1. The Hall–Kier alpha value is -2.30. The lowest BCUT2D eigenvalue weighted by Gasteiger charge is -2.09. The number of carbonyl (C=O) groups excluding carboxylic acids is 1. The van der Waals surface area contributed by atoms with E-state index in [1.807, 2.05) is 12.1 Å². The van der Waals surface area contributed by atoms with Gasteiger partial charge in [0.2, 0.25) is 0 Å². The lowest BCUT2D eigenvalue weighted by Crippen LogP contribution is -2.18. The maximum absolute atomic E-state index is 12.1. The summed E-state index contributed by atoms with van der Waals surface area (Å²) in [6, 6.07) is 14.2.